The molecule has 0 aliphatic heterocycles. The topological polar surface area (TPSA) is 91.3 Å². The summed E-state index contributed by atoms with van der Waals surface area (Å²) < 4.78 is 6.06. The summed E-state index contributed by atoms with van der Waals surface area (Å²) in [7, 11) is 0. The van der Waals surface area contributed by atoms with Crippen LogP contribution < -0.4 is 14.8 Å². The molecular weight excluding hydrogens is 274 g/mol. The molecule has 1 heterocycles. The van der Waals surface area contributed by atoms with Crippen molar-refractivity contribution in [1.82, 2.24) is 0 Å². The van der Waals surface area contributed by atoms with Crippen LogP contribution in [0.4, 0.5) is 11.5 Å². The van der Waals surface area contributed by atoms with Gasteiger partial charge in [-0.2, -0.15) is 0 Å². The van der Waals surface area contributed by atoms with Crippen molar-refractivity contribution in [3.63, 3.8) is 0 Å². The second kappa shape index (κ2) is 7.09. The molecule has 21 heavy (non-hydrogen) atoms. The summed E-state index contributed by atoms with van der Waals surface area (Å²) >= 11 is 0. The van der Waals surface area contributed by atoms with Crippen LogP contribution in [0.2, 0.25) is 0 Å². The van der Waals surface area contributed by atoms with Gasteiger partial charge in [-0.05, 0) is 12.1 Å². The van der Waals surface area contributed by atoms with Crippen LogP contribution in [0, 0.1) is 15.3 Å². The van der Waals surface area contributed by atoms with Gasteiger partial charge in [-0.25, -0.2) is 4.73 Å². The number of anilines is 1. The van der Waals surface area contributed by atoms with Crippen LogP contribution >= 0.6 is 0 Å². The van der Waals surface area contributed by atoms with E-state index in [1.165, 1.54) is 6.07 Å². The van der Waals surface area contributed by atoms with Crippen LogP contribution in [0.5, 0.6) is 5.75 Å². The monoisotopic (exact) mass is 289 g/mol. The summed E-state index contributed by atoms with van der Waals surface area (Å²) in [6.07, 6.45) is 1.78. The zero-order valence-corrected chi connectivity index (χ0v) is 11.3. The number of nitrogens with one attached hydrogen (secondary N) is 1. The van der Waals surface area contributed by atoms with Gasteiger partial charge in [0.1, 0.15) is 18.0 Å². The van der Waals surface area contributed by atoms with Crippen LogP contribution in [-0.4, -0.2) is 18.1 Å². The highest BCUT2D eigenvalue weighted by atomic mass is 16.6. The van der Waals surface area contributed by atoms with E-state index in [2.05, 4.69) is 5.32 Å². The van der Waals surface area contributed by atoms with Gasteiger partial charge in [0.2, 0.25) is 0 Å². The Morgan fingerprint density at radius 2 is 2.00 bits per heavy atom. The molecule has 1 aromatic heterocycles. The Bertz CT molecular complexity index is 604. The number of ether oxygens (including phenoxy) is 1. The van der Waals surface area contributed by atoms with E-state index in [-0.39, 0.29) is 11.5 Å². The molecule has 0 aliphatic carbocycles. The van der Waals surface area contributed by atoms with Crippen LogP contribution in [-0.2, 0) is 0 Å². The molecular formula is C14H15N3O4. The highest BCUT2D eigenvalue weighted by Crippen LogP contribution is 2.13. The first-order valence-electron chi connectivity index (χ1n) is 6.46. The Labute approximate surface area is 121 Å². The Morgan fingerprint density at radius 1 is 1.24 bits per heavy atom. The maximum Gasteiger partial charge on any atom is 0.284 e. The van der Waals surface area contributed by atoms with Crippen LogP contribution in [0.1, 0.15) is 6.42 Å². The van der Waals surface area contributed by atoms with E-state index in [9.17, 15) is 15.3 Å². The number of pyridine rings is 1. The van der Waals surface area contributed by atoms with Crippen molar-refractivity contribution in [2.45, 2.75) is 6.42 Å². The van der Waals surface area contributed by atoms with Crippen molar-refractivity contribution in [3.05, 3.63) is 64.0 Å². The van der Waals surface area contributed by atoms with E-state index >= 15 is 0 Å². The van der Waals surface area contributed by atoms with E-state index in [0.717, 1.165) is 18.0 Å². The van der Waals surface area contributed by atoms with Crippen LogP contribution in [0.25, 0.3) is 0 Å². The second-order valence-corrected chi connectivity index (χ2v) is 4.29. The number of nitrogens with zero attached hydrogens (tertiary/aromatic N) is 2. The van der Waals surface area contributed by atoms with Gasteiger partial charge in [-0.3, -0.25) is 15.4 Å². The third kappa shape index (κ3) is 4.34. The van der Waals surface area contributed by atoms with E-state index in [1.807, 2.05) is 30.3 Å². The van der Waals surface area contributed by atoms with E-state index < -0.39 is 4.92 Å². The van der Waals surface area contributed by atoms with Gasteiger partial charge in [0, 0.05) is 6.42 Å². The largest absolute Gasteiger partial charge is 0.711 e. The summed E-state index contributed by atoms with van der Waals surface area (Å²) in [4.78, 5) is 10.1. The molecule has 1 N–H and O–H groups in total. The lowest BCUT2D eigenvalue weighted by atomic mass is 10.3. The lowest BCUT2D eigenvalue weighted by molar-refractivity contribution is -0.591. The van der Waals surface area contributed by atoms with Gasteiger partial charge in [0.05, 0.1) is 24.1 Å². The summed E-state index contributed by atoms with van der Waals surface area (Å²) in [6, 6.07) is 11.8. The average molecular weight is 289 g/mol. The SMILES string of the molecule is O=[N+]([O-])c1cc[n+]([O-])c(NCCCOc2ccccc2)c1. The molecule has 0 amide bonds. The number of rotatable bonds is 7. The maximum absolute atomic E-state index is 11.5. The summed E-state index contributed by atoms with van der Waals surface area (Å²) in [5.74, 6) is 0.940. The van der Waals surface area contributed by atoms with Gasteiger partial charge in [-0.1, -0.05) is 18.2 Å². The molecule has 0 radical (unpaired) electrons. The quantitative estimate of drug-likeness (QED) is 0.277. The average Bonchev–Trinajstić information content (AvgIpc) is 2.49. The first-order chi connectivity index (χ1) is 10.2. The predicted molar refractivity (Wildman–Crippen MR) is 77.1 cm³/mol. The van der Waals surface area contributed by atoms with Crippen molar-refractivity contribution in [2.75, 3.05) is 18.5 Å². The molecule has 0 atom stereocenters. The summed E-state index contributed by atoms with van der Waals surface area (Å²) in [6.45, 7) is 0.973. The van der Waals surface area contributed by atoms with E-state index in [4.69, 9.17) is 4.74 Å². The smallest absolute Gasteiger partial charge is 0.284 e. The lowest BCUT2D eigenvalue weighted by Crippen LogP contribution is -2.30. The Kier molecular flexibility index (Phi) is 4.92. The molecule has 0 bridgehead atoms. The van der Waals surface area contributed by atoms with Crippen molar-refractivity contribution in [1.29, 1.82) is 0 Å². The normalized spacial score (nSPS) is 10.1. The summed E-state index contributed by atoms with van der Waals surface area (Å²) in [5, 5.41) is 25.0. The fraction of sp³-hybridized carbons (Fsp3) is 0.214. The number of para-hydroxylation sites is 1. The Hall–Kier alpha value is -2.83. The highest BCUT2D eigenvalue weighted by molar-refractivity contribution is 5.40. The van der Waals surface area contributed by atoms with Gasteiger partial charge in [0.15, 0.2) is 0 Å². The van der Waals surface area contributed by atoms with E-state index in [1.54, 1.807) is 0 Å². The lowest BCUT2D eigenvalue weighted by Gasteiger charge is -2.08. The van der Waals surface area contributed by atoms with Gasteiger partial charge in [0.25, 0.3) is 11.5 Å². The van der Waals surface area contributed by atoms with Crippen molar-refractivity contribution < 1.29 is 14.4 Å². The maximum atomic E-state index is 11.5. The van der Waals surface area contributed by atoms with Crippen LogP contribution in [0.15, 0.2) is 48.7 Å². The van der Waals surface area contributed by atoms with Crippen molar-refractivity contribution >= 4 is 11.5 Å². The number of nitro groups is 1. The fourth-order valence-electron chi connectivity index (χ4n) is 1.71. The first kappa shape index (κ1) is 14.6. The first-order valence-corrected chi connectivity index (χ1v) is 6.46. The molecule has 0 fully saturated rings. The van der Waals surface area contributed by atoms with Crippen LogP contribution in [0.3, 0.4) is 0 Å². The standard InChI is InChI=1S/C14H15N3O4/c18-16-9-7-12(17(19)20)11-14(16)15-8-4-10-21-13-5-2-1-3-6-13/h1-3,5-7,9,11,15H,4,8,10H2. The molecule has 0 unspecified atom stereocenters. The van der Waals surface area contributed by atoms with Gasteiger partial charge < -0.3 is 9.94 Å². The third-order valence-electron chi connectivity index (χ3n) is 2.75. The molecule has 7 nitrogen and oxygen atoms in total. The zero-order valence-electron chi connectivity index (χ0n) is 11.3. The van der Waals surface area contributed by atoms with Gasteiger partial charge >= 0.3 is 0 Å². The molecule has 0 saturated heterocycles. The predicted octanol–water partition coefficient (Wildman–Crippen LogP) is 2.11. The third-order valence-corrected chi connectivity index (χ3v) is 2.75. The molecule has 0 aliphatic rings. The highest BCUT2D eigenvalue weighted by Gasteiger charge is 2.12. The molecule has 0 saturated carbocycles. The molecule has 2 aromatic rings. The Morgan fingerprint density at radius 3 is 2.71 bits per heavy atom. The molecule has 7 heteroatoms. The molecule has 0 spiro atoms. The number of aromatic nitrogens is 1. The van der Waals surface area contributed by atoms with Crippen molar-refractivity contribution in [3.8, 4) is 5.75 Å². The number of hydrogen-bond acceptors (Lipinski definition) is 5. The Balaban J connectivity index is 1.78. The molecule has 1 aromatic carbocycles. The minimum absolute atomic E-state index is 0.120. The second-order valence-electron chi connectivity index (χ2n) is 4.29. The van der Waals surface area contributed by atoms with Gasteiger partial charge in [-0.15, -0.1) is 0 Å². The molecule has 2 rings (SSSR count). The minimum atomic E-state index is -0.538. The van der Waals surface area contributed by atoms with Crippen molar-refractivity contribution in [2.24, 2.45) is 0 Å². The fourth-order valence-corrected chi connectivity index (χ4v) is 1.71. The minimum Gasteiger partial charge on any atom is -0.711 e. The summed E-state index contributed by atoms with van der Waals surface area (Å²) in [5.41, 5.74) is -0.120. The van der Waals surface area contributed by atoms with E-state index in [0.29, 0.717) is 24.3 Å². The molecule has 110 valence electrons. The zero-order chi connectivity index (χ0) is 15.1. The number of hydrogen-bond donors (Lipinski definition) is 1. The number of benzene rings is 1.